The van der Waals surface area contributed by atoms with Crippen LogP contribution in [0.25, 0.3) is 21.1 Å². The minimum absolute atomic E-state index is 0.262. The minimum Gasteiger partial charge on any atom is -0.478 e. The van der Waals surface area contributed by atoms with Gasteiger partial charge in [0.2, 0.25) is 0 Å². The molecule has 180 valence electrons. The molecule has 0 saturated carbocycles. The Labute approximate surface area is 204 Å². The van der Waals surface area contributed by atoms with E-state index in [0.29, 0.717) is 6.10 Å². The SMILES string of the molecule is COCCCCCOC1CCN(c2ccc(-c3nnc(-c4ccc(C(=O)O)cc4)s3)cc2)CC1. The number of aromatic nitrogens is 2. The Hall–Kier alpha value is -2.81. The Bertz CT molecular complexity index is 1040. The standard InChI is InChI=1S/C26H31N3O4S/c1-32-17-3-2-4-18-33-23-13-15-29(16-14-23)22-11-9-20(10-12-22)25-28-27-24(34-25)19-5-7-21(8-6-19)26(30)31/h5-12,23H,2-4,13-18H2,1H3,(H,30,31). The number of aromatic carboxylic acids is 1. The van der Waals surface area contributed by atoms with Gasteiger partial charge in [0.15, 0.2) is 0 Å². The Kier molecular flexibility index (Phi) is 8.62. The number of hydrogen-bond donors (Lipinski definition) is 1. The molecule has 34 heavy (non-hydrogen) atoms. The quantitative estimate of drug-likeness (QED) is 0.368. The first-order chi connectivity index (χ1) is 16.6. The van der Waals surface area contributed by atoms with Crippen LogP contribution in [0.1, 0.15) is 42.5 Å². The molecule has 1 aliphatic heterocycles. The molecule has 7 nitrogen and oxygen atoms in total. The Morgan fingerprint density at radius 2 is 1.53 bits per heavy atom. The van der Waals surface area contributed by atoms with Crippen molar-refractivity contribution in [2.75, 3.05) is 38.3 Å². The molecule has 1 aromatic heterocycles. The number of ether oxygens (including phenoxy) is 2. The molecule has 0 unspecified atom stereocenters. The Balaban J connectivity index is 1.27. The molecule has 2 heterocycles. The monoisotopic (exact) mass is 481 g/mol. The van der Waals surface area contributed by atoms with Crippen molar-refractivity contribution < 1.29 is 19.4 Å². The van der Waals surface area contributed by atoms with E-state index >= 15 is 0 Å². The third kappa shape index (κ3) is 6.40. The number of carboxylic acid groups (broad SMARTS) is 1. The van der Waals surface area contributed by atoms with Gasteiger partial charge in [-0.2, -0.15) is 0 Å². The van der Waals surface area contributed by atoms with Crippen LogP contribution in [-0.2, 0) is 9.47 Å². The number of anilines is 1. The molecule has 0 aliphatic carbocycles. The highest BCUT2D eigenvalue weighted by molar-refractivity contribution is 7.17. The van der Waals surface area contributed by atoms with E-state index < -0.39 is 5.97 Å². The van der Waals surface area contributed by atoms with E-state index in [9.17, 15) is 4.79 Å². The lowest BCUT2D eigenvalue weighted by Crippen LogP contribution is -2.37. The fourth-order valence-corrected chi connectivity index (χ4v) is 4.94. The number of rotatable bonds is 11. The maximum atomic E-state index is 11.0. The molecular formula is C26H31N3O4S. The molecule has 8 heteroatoms. The van der Waals surface area contributed by atoms with Gasteiger partial charge in [-0.3, -0.25) is 0 Å². The Morgan fingerprint density at radius 3 is 2.12 bits per heavy atom. The smallest absolute Gasteiger partial charge is 0.335 e. The van der Waals surface area contributed by atoms with Gasteiger partial charge in [0.05, 0.1) is 11.7 Å². The maximum absolute atomic E-state index is 11.0. The average molecular weight is 482 g/mol. The van der Waals surface area contributed by atoms with Crippen molar-refractivity contribution in [2.45, 2.75) is 38.2 Å². The fourth-order valence-electron chi connectivity index (χ4n) is 4.08. The summed E-state index contributed by atoms with van der Waals surface area (Å²) >= 11 is 1.50. The van der Waals surface area contributed by atoms with Crippen molar-refractivity contribution in [3.8, 4) is 21.1 Å². The van der Waals surface area contributed by atoms with Crippen LogP contribution < -0.4 is 4.90 Å². The molecule has 1 N–H and O–H groups in total. The summed E-state index contributed by atoms with van der Waals surface area (Å²) in [5.41, 5.74) is 3.38. The first kappa shape index (κ1) is 24.3. The number of hydrogen-bond acceptors (Lipinski definition) is 7. The van der Waals surface area contributed by atoms with Crippen molar-refractivity contribution in [3.63, 3.8) is 0 Å². The number of piperidine rings is 1. The molecule has 4 rings (SSSR count). The van der Waals surface area contributed by atoms with Gasteiger partial charge in [-0.15, -0.1) is 10.2 Å². The largest absolute Gasteiger partial charge is 0.478 e. The molecule has 1 saturated heterocycles. The number of carbonyl (C=O) groups is 1. The van der Waals surface area contributed by atoms with Gasteiger partial charge < -0.3 is 19.5 Å². The second-order valence-corrected chi connectivity index (χ2v) is 9.43. The zero-order valence-electron chi connectivity index (χ0n) is 19.5. The molecule has 0 bridgehead atoms. The molecule has 0 atom stereocenters. The van der Waals surface area contributed by atoms with Crippen LogP contribution in [-0.4, -0.2) is 60.8 Å². The van der Waals surface area contributed by atoms with E-state index in [4.69, 9.17) is 14.6 Å². The first-order valence-corrected chi connectivity index (χ1v) is 12.6. The minimum atomic E-state index is -0.935. The van der Waals surface area contributed by atoms with Crippen LogP contribution in [0.4, 0.5) is 5.69 Å². The van der Waals surface area contributed by atoms with Gasteiger partial charge >= 0.3 is 5.97 Å². The highest BCUT2D eigenvalue weighted by Crippen LogP contribution is 2.31. The van der Waals surface area contributed by atoms with Gasteiger partial charge in [0.25, 0.3) is 0 Å². The van der Waals surface area contributed by atoms with Crippen molar-refractivity contribution in [3.05, 3.63) is 54.1 Å². The number of carboxylic acids is 1. The summed E-state index contributed by atoms with van der Waals surface area (Å²) in [6, 6.07) is 15.2. The third-order valence-electron chi connectivity index (χ3n) is 6.07. The number of methoxy groups -OCH3 is 1. The van der Waals surface area contributed by atoms with E-state index in [1.807, 2.05) is 0 Å². The predicted molar refractivity (Wildman–Crippen MR) is 135 cm³/mol. The van der Waals surface area contributed by atoms with Gasteiger partial charge in [0, 0.05) is 50.2 Å². The van der Waals surface area contributed by atoms with Crippen LogP contribution in [0.3, 0.4) is 0 Å². The molecule has 0 spiro atoms. The summed E-state index contributed by atoms with van der Waals surface area (Å²) in [6.45, 7) is 3.68. The van der Waals surface area contributed by atoms with Gasteiger partial charge in [-0.05, 0) is 68.5 Å². The number of benzene rings is 2. The highest BCUT2D eigenvalue weighted by atomic mass is 32.1. The van der Waals surface area contributed by atoms with Crippen LogP contribution in [0, 0.1) is 0 Å². The summed E-state index contributed by atoms with van der Waals surface area (Å²) in [4.78, 5) is 13.5. The van der Waals surface area contributed by atoms with Crippen molar-refractivity contribution in [2.24, 2.45) is 0 Å². The van der Waals surface area contributed by atoms with E-state index in [0.717, 1.165) is 79.5 Å². The molecule has 2 aromatic carbocycles. The van der Waals surface area contributed by atoms with Crippen LogP contribution in [0.5, 0.6) is 0 Å². The van der Waals surface area contributed by atoms with E-state index in [1.54, 1.807) is 31.4 Å². The predicted octanol–water partition coefficient (Wildman–Crippen LogP) is 5.37. The lowest BCUT2D eigenvalue weighted by Gasteiger charge is -2.33. The molecular weight excluding hydrogens is 450 g/mol. The van der Waals surface area contributed by atoms with Crippen molar-refractivity contribution >= 4 is 23.0 Å². The van der Waals surface area contributed by atoms with Gasteiger partial charge in [-0.1, -0.05) is 23.5 Å². The summed E-state index contributed by atoms with van der Waals surface area (Å²) in [5.74, 6) is -0.935. The third-order valence-corrected chi connectivity index (χ3v) is 7.09. The number of nitrogens with zero attached hydrogens (tertiary/aromatic N) is 3. The summed E-state index contributed by atoms with van der Waals surface area (Å²) < 4.78 is 11.2. The second-order valence-electron chi connectivity index (χ2n) is 8.45. The van der Waals surface area contributed by atoms with Gasteiger partial charge in [0.1, 0.15) is 10.0 Å². The normalized spacial score (nSPS) is 14.4. The van der Waals surface area contributed by atoms with Crippen LogP contribution >= 0.6 is 11.3 Å². The zero-order valence-corrected chi connectivity index (χ0v) is 20.3. The van der Waals surface area contributed by atoms with Crippen molar-refractivity contribution in [1.29, 1.82) is 0 Å². The van der Waals surface area contributed by atoms with E-state index in [1.165, 1.54) is 17.0 Å². The summed E-state index contributed by atoms with van der Waals surface area (Å²) in [5, 5.41) is 19.3. The lowest BCUT2D eigenvalue weighted by atomic mass is 10.1. The maximum Gasteiger partial charge on any atom is 0.335 e. The van der Waals surface area contributed by atoms with Crippen LogP contribution in [0.15, 0.2) is 48.5 Å². The van der Waals surface area contributed by atoms with Gasteiger partial charge in [-0.25, -0.2) is 4.79 Å². The lowest BCUT2D eigenvalue weighted by molar-refractivity contribution is 0.0340. The van der Waals surface area contributed by atoms with Crippen LogP contribution in [0.2, 0.25) is 0 Å². The molecule has 0 amide bonds. The van der Waals surface area contributed by atoms with E-state index in [-0.39, 0.29) is 5.56 Å². The average Bonchev–Trinajstić information content (AvgIpc) is 3.37. The fraction of sp³-hybridized carbons (Fsp3) is 0.423. The molecule has 1 fully saturated rings. The van der Waals surface area contributed by atoms with Crippen molar-refractivity contribution in [1.82, 2.24) is 10.2 Å². The molecule has 0 radical (unpaired) electrons. The molecule has 3 aromatic rings. The topological polar surface area (TPSA) is 84.8 Å². The zero-order chi connectivity index (χ0) is 23.8. The second kappa shape index (κ2) is 12.1. The number of unbranched alkanes of at least 4 members (excludes halogenated alkanes) is 2. The highest BCUT2D eigenvalue weighted by Gasteiger charge is 2.20. The van der Waals surface area contributed by atoms with E-state index in [2.05, 4.69) is 39.4 Å². The first-order valence-electron chi connectivity index (χ1n) is 11.8. The Morgan fingerprint density at radius 1 is 0.941 bits per heavy atom. The summed E-state index contributed by atoms with van der Waals surface area (Å²) in [7, 11) is 1.75. The molecule has 1 aliphatic rings. The summed E-state index contributed by atoms with van der Waals surface area (Å²) in [6.07, 6.45) is 5.84.